The van der Waals surface area contributed by atoms with Gasteiger partial charge in [-0.25, -0.2) is 4.79 Å². The summed E-state index contributed by atoms with van der Waals surface area (Å²) in [4.78, 5) is 14.7. The normalized spacial score (nSPS) is 10.6. The van der Waals surface area contributed by atoms with Crippen LogP contribution in [-0.2, 0) is 4.79 Å². The Morgan fingerprint density at radius 2 is 2.05 bits per heavy atom. The van der Waals surface area contributed by atoms with Gasteiger partial charge in [-0.3, -0.25) is 4.98 Å². The van der Waals surface area contributed by atoms with Crippen LogP contribution in [0.2, 0.25) is 0 Å². The van der Waals surface area contributed by atoms with Crippen molar-refractivity contribution in [2.45, 2.75) is 0 Å². The number of methoxy groups -OCH3 is 1. The summed E-state index contributed by atoms with van der Waals surface area (Å²) in [6.45, 7) is 0. The molecule has 4 nitrogen and oxygen atoms in total. The number of benzene rings is 1. The number of nitrogens with zero attached hydrogens (tertiary/aromatic N) is 1. The predicted octanol–water partition coefficient (Wildman–Crippen LogP) is 2.86. The molecule has 1 aromatic heterocycles. The van der Waals surface area contributed by atoms with E-state index in [0.717, 1.165) is 28.6 Å². The molecule has 0 aliphatic rings. The Kier molecular flexibility index (Phi) is 3.93. The molecule has 0 fully saturated rings. The van der Waals surface area contributed by atoms with Crippen molar-refractivity contribution in [2.75, 3.05) is 7.11 Å². The Morgan fingerprint density at radius 3 is 2.68 bits per heavy atom. The highest BCUT2D eigenvalue weighted by Crippen LogP contribution is 2.27. The third-order valence-corrected chi connectivity index (χ3v) is 2.59. The first-order chi connectivity index (χ1) is 9.20. The second kappa shape index (κ2) is 5.82. The minimum absolute atomic E-state index is 0.737. The van der Waals surface area contributed by atoms with Crippen molar-refractivity contribution >= 4 is 12.0 Å². The quantitative estimate of drug-likeness (QED) is 0.853. The minimum Gasteiger partial charge on any atom is -0.496 e. The number of hydrogen-bond acceptors (Lipinski definition) is 3. The standard InChI is InChI=1S/C15H13NO3/c1-19-14-5-3-2-4-12(14)13-8-6-11(10-16-13)7-9-15(17)18/h2-10H,1H3,(H,17,18)/b9-7+. The van der Waals surface area contributed by atoms with Gasteiger partial charge in [0.25, 0.3) is 0 Å². The number of hydrogen-bond donors (Lipinski definition) is 1. The summed E-state index contributed by atoms with van der Waals surface area (Å²) in [5.74, 6) is -0.224. The van der Waals surface area contributed by atoms with Crippen molar-refractivity contribution in [3.05, 3.63) is 54.2 Å². The SMILES string of the molecule is COc1ccccc1-c1ccc(/C=C/C(=O)O)cn1. The highest BCUT2D eigenvalue weighted by molar-refractivity contribution is 5.85. The van der Waals surface area contributed by atoms with Gasteiger partial charge in [-0.2, -0.15) is 0 Å². The zero-order chi connectivity index (χ0) is 13.7. The minimum atomic E-state index is -0.978. The number of carbonyl (C=O) groups is 1. The highest BCUT2D eigenvalue weighted by atomic mass is 16.5. The van der Waals surface area contributed by atoms with Gasteiger partial charge in [0.1, 0.15) is 5.75 Å². The second-order valence-corrected chi connectivity index (χ2v) is 3.85. The van der Waals surface area contributed by atoms with Crippen LogP contribution in [0.3, 0.4) is 0 Å². The number of aliphatic carboxylic acids is 1. The number of pyridine rings is 1. The predicted molar refractivity (Wildman–Crippen MR) is 72.9 cm³/mol. The summed E-state index contributed by atoms with van der Waals surface area (Å²) in [6, 6.07) is 11.3. The van der Waals surface area contributed by atoms with E-state index in [2.05, 4.69) is 4.98 Å². The molecule has 2 aromatic rings. The Morgan fingerprint density at radius 1 is 1.26 bits per heavy atom. The molecule has 19 heavy (non-hydrogen) atoms. The van der Waals surface area contributed by atoms with Crippen LogP contribution in [0, 0.1) is 0 Å². The molecule has 0 aliphatic heterocycles. The topological polar surface area (TPSA) is 59.4 Å². The number of ether oxygens (including phenoxy) is 1. The van der Waals surface area contributed by atoms with Gasteiger partial charge in [-0.15, -0.1) is 0 Å². The molecule has 0 radical (unpaired) electrons. The molecule has 0 bridgehead atoms. The van der Waals surface area contributed by atoms with Gasteiger partial charge in [-0.1, -0.05) is 18.2 Å². The molecular formula is C15H13NO3. The molecule has 1 aromatic carbocycles. The van der Waals surface area contributed by atoms with Gasteiger partial charge in [-0.05, 0) is 29.8 Å². The third-order valence-electron chi connectivity index (χ3n) is 2.59. The summed E-state index contributed by atoms with van der Waals surface area (Å²) < 4.78 is 5.28. The maximum absolute atomic E-state index is 10.4. The summed E-state index contributed by atoms with van der Waals surface area (Å²) >= 11 is 0. The number of aromatic nitrogens is 1. The summed E-state index contributed by atoms with van der Waals surface area (Å²) in [7, 11) is 1.61. The van der Waals surface area contributed by atoms with Crippen molar-refractivity contribution in [1.82, 2.24) is 4.98 Å². The molecule has 1 N–H and O–H groups in total. The number of para-hydroxylation sites is 1. The molecule has 96 valence electrons. The van der Waals surface area contributed by atoms with E-state index in [1.807, 2.05) is 36.4 Å². The van der Waals surface area contributed by atoms with E-state index in [4.69, 9.17) is 9.84 Å². The molecule has 2 rings (SSSR count). The molecule has 0 aliphatic carbocycles. The second-order valence-electron chi connectivity index (χ2n) is 3.85. The van der Waals surface area contributed by atoms with E-state index in [9.17, 15) is 4.79 Å². The van der Waals surface area contributed by atoms with Crippen molar-refractivity contribution in [3.63, 3.8) is 0 Å². The van der Waals surface area contributed by atoms with Crippen LogP contribution in [0.15, 0.2) is 48.7 Å². The average molecular weight is 255 g/mol. The van der Waals surface area contributed by atoms with E-state index in [1.54, 1.807) is 13.3 Å². The van der Waals surface area contributed by atoms with Crippen LogP contribution in [0.25, 0.3) is 17.3 Å². The van der Waals surface area contributed by atoms with Crippen LogP contribution in [0.5, 0.6) is 5.75 Å². The first-order valence-corrected chi connectivity index (χ1v) is 5.71. The van der Waals surface area contributed by atoms with Crippen molar-refractivity contribution in [2.24, 2.45) is 0 Å². The average Bonchev–Trinajstić information content (AvgIpc) is 2.45. The van der Waals surface area contributed by atoms with E-state index in [0.29, 0.717) is 0 Å². The van der Waals surface area contributed by atoms with Crippen LogP contribution >= 0.6 is 0 Å². The Bertz CT molecular complexity index is 603. The maximum Gasteiger partial charge on any atom is 0.328 e. The first-order valence-electron chi connectivity index (χ1n) is 5.71. The van der Waals surface area contributed by atoms with E-state index < -0.39 is 5.97 Å². The van der Waals surface area contributed by atoms with Crippen molar-refractivity contribution in [3.8, 4) is 17.0 Å². The maximum atomic E-state index is 10.4. The van der Waals surface area contributed by atoms with Gasteiger partial charge in [0, 0.05) is 17.8 Å². The molecule has 0 unspecified atom stereocenters. The summed E-state index contributed by atoms with van der Waals surface area (Å²) in [6.07, 6.45) is 4.21. The number of carboxylic acids is 1. The Labute approximate surface area is 111 Å². The largest absolute Gasteiger partial charge is 0.496 e. The third kappa shape index (κ3) is 3.19. The van der Waals surface area contributed by atoms with Crippen molar-refractivity contribution < 1.29 is 14.6 Å². The van der Waals surface area contributed by atoms with E-state index >= 15 is 0 Å². The fourth-order valence-electron chi connectivity index (χ4n) is 1.69. The summed E-state index contributed by atoms with van der Waals surface area (Å²) in [5, 5.41) is 8.55. The molecule has 0 saturated carbocycles. The lowest BCUT2D eigenvalue weighted by Gasteiger charge is -2.07. The molecular weight excluding hydrogens is 242 g/mol. The van der Waals surface area contributed by atoms with Crippen LogP contribution in [-0.4, -0.2) is 23.2 Å². The van der Waals surface area contributed by atoms with Gasteiger partial charge >= 0.3 is 5.97 Å². The molecule has 0 atom stereocenters. The van der Waals surface area contributed by atoms with E-state index in [1.165, 1.54) is 6.08 Å². The van der Waals surface area contributed by atoms with Crippen LogP contribution in [0.1, 0.15) is 5.56 Å². The molecule has 0 amide bonds. The zero-order valence-corrected chi connectivity index (χ0v) is 10.4. The van der Waals surface area contributed by atoms with Gasteiger partial charge in [0.15, 0.2) is 0 Å². The zero-order valence-electron chi connectivity index (χ0n) is 10.4. The first kappa shape index (κ1) is 12.8. The van der Waals surface area contributed by atoms with Gasteiger partial charge < -0.3 is 9.84 Å². The lowest BCUT2D eigenvalue weighted by atomic mass is 10.1. The van der Waals surface area contributed by atoms with Crippen molar-refractivity contribution in [1.29, 1.82) is 0 Å². The number of rotatable bonds is 4. The highest BCUT2D eigenvalue weighted by Gasteiger charge is 2.05. The molecule has 1 heterocycles. The molecule has 4 heteroatoms. The lowest BCUT2D eigenvalue weighted by Crippen LogP contribution is -1.90. The Balaban J connectivity index is 2.30. The fourth-order valence-corrected chi connectivity index (χ4v) is 1.69. The molecule has 0 saturated heterocycles. The summed E-state index contributed by atoms with van der Waals surface area (Å²) in [5.41, 5.74) is 2.42. The smallest absolute Gasteiger partial charge is 0.328 e. The molecule has 0 spiro atoms. The van der Waals surface area contributed by atoms with Crippen LogP contribution < -0.4 is 4.74 Å². The monoisotopic (exact) mass is 255 g/mol. The lowest BCUT2D eigenvalue weighted by molar-refractivity contribution is -0.131. The van der Waals surface area contributed by atoms with Gasteiger partial charge in [0.2, 0.25) is 0 Å². The van der Waals surface area contributed by atoms with E-state index in [-0.39, 0.29) is 0 Å². The van der Waals surface area contributed by atoms with Gasteiger partial charge in [0.05, 0.1) is 12.8 Å². The Hall–Kier alpha value is -2.62. The van der Waals surface area contributed by atoms with Crippen LogP contribution in [0.4, 0.5) is 0 Å². The fraction of sp³-hybridized carbons (Fsp3) is 0.0667. The number of carboxylic acid groups (broad SMARTS) is 1.